The summed E-state index contributed by atoms with van der Waals surface area (Å²) in [5.41, 5.74) is 1.10. The van der Waals surface area contributed by atoms with Gasteiger partial charge in [-0.3, -0.25) is 0 Å². The molecule has 2 rings (SSSR count). The molecule has 1 saturated carbocycles. The fourth-order valence-electron chi connectivity index (χ4n) is 4.88. The normalized spacial score (nSPS) is 35.7. The lowest BCUT2D eigenvalue weighted by atomic mass is 9.66. The first-order valence-electron chi connectivity index (χ1n) is 12.5. The molecular weight excluding hydrogens is 356 g/mol. The van der Waals surface area contributed by atoms with Gasteiger partial charge in [-0.2, -0.15) is 0 Å². The zero-order valence-electron chi connectivity index (χ0n) is 21.6. The van der Waals surface area contributed by atoms with Gasteiger partial charge < -0.3 is 9.84 Å². The van der Waals surface area contributed by atoms with Crippen LogP contribution >= 0.6 is 0 Å². The van der Waals surface area contributed by atoms with E-state index in [1.807, 2.05) is 0 Å². The molecule has 0 unspecified atom stereocenters. The van der Waals surface area contributed by atoms with Crippen LogP contribution in [0.25, 0.3) is 0 Å². The van der Waals surface area contributed by atoms with Crippen molar-refractivity contribution in [3.63, 3.8) is 0 Å². The van der Waals surface area contributed by atoms with Gasteiger partial charge in [0.1, 0.15) is 0 Å². The Balaban J connectivity index is 0.000000291. The van der Waals surface area contributed by atoms with Gasteiger partial charge in [-0.15, -0.1) is 0 Å². The number of hydrogen-bond acceptors (Lipinski definition) is 2. The van der Waals surface area contributed by atoms with Crippen molar-refractivity contribution < 1.29 is 9.84 Å². The highest BCUT2D eigenvalue weighted by atomic mass is 16.5. The van der Waals surface area contributed by atoms with E-state index in [1.54, 1.807) is 0 Å². The maximum Gasteiger partial charge on any atom is 0.0659 e. The Morgan fingerprint density at radius 2 is 1.62 bits per heavy atom. The Hall–Kier alpha value is -0.0800. The summed E-state index contributed by atoms with van der Waals surface area (Å²) in [5, 5.41) is 9.74. The second kappa shape index (κ2) is 11.0. The van der Waals surface area contributed by atoms with Crippen molar-refractivity contribution in [2.24, 2.45) is 28.6 Å². The average molecular weight is 411 g/mol. The van der Waals surface area contributed by atoms with Crippen LogP contribution in [-0.2, 0) is 4.74 Å². The highest BCUT2D eigenvalue weighted by Crippen LogP contribution is 2.44. The predicted octanol–water partition coefficient (Wildman–Crippen LogP) is 8.02. The lowest BCUT2D eigenvalue weighted by Crippen LogP contribution is -2.34. The van der Waals surface area contributed by atoms with Crippen molar-refractivity contribution in [3.8, 4) is 0 Å². The van der Waals surface area contributed by atoms with E-state index < -0.39 is 0 Å². The highest BCUT2D eigenvalue weighted by molar-refractivity contribution is 4.87. The molecule has 2 heteroatoms. The molecule has 0 aromatic rings. The van der Waals surface area contributed by atoms with Crippen molar-refractivity contribution >= 4 is 0 Å². The minimum absolute atomic E-state index is 0.0484. The molecule has 0 aromatic carbocycles. The first kappa shape index (κ1) is 27.0. The van der Waals surface area contributed by atoms with E-state index in [2.05, 4.69) is 69.2 Å². The molecule has 0 aromatic heterocycles. The topological polar surface area (TPSA) is 29.5 Å². The first-order valence-corrected chi connectivity index (χ1v) is 12.5. The van der Waals surface area contributed by atoms with E-state index in [9.17, 15) is 5.11 Å². The van der Waals surface area contributed by atoms with Crippen LogP contribution in [0.15, 0.2) is 0 Å². The molecule has 2 aliphatic rings. The van der Waals surface area contributed by atoms with E-state index in [0.717, 1.165) is 12.3 Å². The number of ether oxygens (including phenoxy) is 1. The maximum atomic E-state index is 9.74. The summed E-state index contributed by atoms with van der Waals surface area (Å²) in [6, 6.07) is 0. The molecule has 0 amide bonds. The van der Waals surface area contributed by atoms with Gasteiger partial charge >= 0.3 is 0 Å². The molecule has 1 saturated heterocycles. The second-order valence-electron chi connectivity index (χ2n) is 13.0. The fraction of sp³-hybridized carbons (Fsp3) is 1.00. The lowest BCUT2D eigenvalue weighted by Gasteiger charge is -2.41. The van der Waals surface area contributed by atoms with Crippen molar-refractivity contribution in [1.82, 2.24) is 0 Å². The molecule has 1 aliphatic heterocycles. The zero-order chi connectivity index (χ0) is 22.5. The number of aliphatic hydroxyl groups excluding tert-OH is 1. The van der Waals surface area contributed by atoms with E-state index in [0.29, 0.717) is 28.8 Å². The Morgan fingerprint density at radius 3 is 2.07 bits per heavy atom. The monoisotopic (exact) mass is 410 g/mol. The van der Waals surface area contributed by atoms with Crippen LogP contribution in [-0.4, -0.2) is 22.9 Å². The number of rotatable bonds is 6. The van der Waals surface area contributed by atoms with Gasteiger partial charge in [0, 0.05) is 0 Å². The van der Waals surface area contributed by atoms with Crippen molar-refractivity contribution in [2.45, 2.75) is 145 Å². The number of hydrogen-bond donors (Lipinski definition) is 1. The van der Waals surface area contributed by atoms with Crippen LogP contribution in [0.1, 0.15) is 127 Å². The van der Waals surface area contributed by atoms with E-state index in [4.69, 9.17) is 4.74 Å². The average Bonchev–Trinajstić information content (AvgIpc) is 2.99. The van der Waals surface area contributed by atoms with Crippen LogP contribution < -0.4 is 0 Å². The highest BCUT2D eigenvalue weighted by Gasteiger charge is 2.37. The van der Waals surface area contributed by atoms with E-state index in [1.165, 1.54) is 51.4 Å². The molecule has 0 radical (unpaired) electrons. The smallest absolute Gasteiger partial charge is 0.0659 e. The van der Waals surface area contributed by atoms with Gasteiger partial charge in [0.25, 0.3) is 0 Å². The first-order chi connectivity index (χ1) is 13.1. The van der Waals surface area contributed by atoms with Gasteiger partial charge in [-0.25, -0.2) is 0 Å². The second-order valence-corrected chi connectivity index (χ2v) is 13.0. The predicted molar refractivity (Wildman–Crippen MR) is 127 cm³/mol. The van der Waals surface area contributed by atoms with Crippen molar-refractivity contribution in [1.29, 1.82) is 0 Å². The Labute approximate surface area is 183 Å². The number of aliphatic hydroxyl groups is 1. The molecule has 5 atom stereocenters. The van der Waals surface area contributed by atoms with Crippen LogP contribution in [0.3, 0.4) is 0 Å². The molecule has 2 fully saturated rings. The summed E-state index contributed by atoms with van der Waals surface area (Å²) in [6.45, 7) is 22.9. The van der Waals surface area contributed by atoms with Crippen LogP contribution in [0.2, 0.25) is 0 Å². The quantitative estimate of drug-likeness (QED) is 0.480. The summed E-state index contributed by atoms with van der Waals surface area (Å²) < 4.78 is 6.16. The minimum atomic E-state index is -0.0484. The molecular formula is C27H54O2. The Kier molecular flexibility index (Phi) is 10.2. The Morgan fingerprint density at radius 1 is 1.00 bits per heavy atom. The lowest BCUT2D eigenvalue weighted by molar-refractivity contribution is -0.0529. The molecule has 174 valence electrons. The molecule has 1 heterocycles. The SMILES string of the molecule is CC(C)CC[C@@]1(C)CC[C@@H](C(C)C)O1.C[C@H]1C[C@](C)(CCC(C)(C)C)CC[C@@H]1O. The third kappa shape index (κ3) is 10.2. The summed E-state index contributed by atoms with van der Waals surface area (Å²) in [5.74, 6) is 1.97. The minimum Gasteiger partial charge on any atom is -0.393 e. The zero-order valence-corrected chi connectivity index (χ0v) is 21.6. The van der Waals surface area contributed by atoms with Gasteiger partial charge in [0.2, 0.25) is 0 Å². The van der Waals surface area contributed by atoms with Crippen molar-refractivity contribution in [3.05, 3.63) is 0 Å². The van der Waals surface area contributed by atoms with Gasteiger partial charge in [-0.05, 0) is 93.3 Å². The maximum absolute atomic E-state index is 9.74. The summed E-state index contributed by atoms with van der Waals surface area (Å²) >= 11 is 0. The van der Waals surface area contributed by atoms with Crippen LogP contribution in [0.5, 0.6) is 0 Å². The molecule has 1 aliphatic carbocycles. The molecule has 0 bridgehead atoms. The van der Waals surface area contributed by atoms with Gasteiger partial charge in [-0.1, -0.05) is 62.3 Å². The summed E-state index contributed by atoms with van der Waals surface area (Å²) in [4.78, 5) is 0. The van der Waals surface area contributed by atoms with Gasteiger partial charge in [0.15, 0.2) is 0 Å². The molecule has 0 spiro atoms. The third-order valence-corrected chi connectivity index (χ3v) is 7.38. The Bertz CT molecular complexity index is 464. The molecule has 1 N–H and O–H groups in total. The van der Waals surface area contributed by atoms with E-state index >= 15 is 0 Å². The standard InChI is InChI=1S/C14H28O.C13H26O/c1-11-10-14(5,7-6-12(11)15)9-8-13(2,3)4;1-10(2)6-8-13(5)9-7-12(14-13)11(3)4/h11-12,15H,6-10H2,1-5H3;10-12H,6-9H2,1-5H3/t11-,12-,14-;12-,13-/m00/s1. The summed E-state index contributed by atoms with van der Waals surface area (Å²) in [7, 11) is 0. The third-order valence-electron chi connectivity index (χ3n) is 7.38. The molecule has 29 heavy (non-hydrogen) atoms. The largest absolute Gasteiger partial charge is 0.393 e. The molecule has 2 nitrogen and oxygen atoms in total. The fourth-order valence-corrected chi connectivity index (χ4v) is 4.88. The van der Waals surface area contributed by atoms with Crippen LogP contribution in [0.4, 0.5) is 0 Å². The summed E-state index contributed by atoms with van der Waals surface area (Å²) in [6.07, 6.45) is 11.5. The van der Waals surface area contributed by atoms with Gasteiger partial charge in [0.05, 0.1) is 17.8 Å². The van der Waals surface area contributed by atoms with E-state index in [-0.39, 0.29) is 11.7 Å². The van der Waals surface area contributed by atoms with Crippen LogP contribution in [0, 0.1) is 28.6 Å². The van der Waals surface area contributed by atoms with Crippen molar-refractivity contribution in [2.75, 3.05) is 0 Å².